The smallest absolute Gasteiger partial charge is 0.261 e. The van der Waals surface area contributed by atoms with Gasteiger partial charge in [0.2, 0.25) is 0 Å². The van der Waals surface area contributed by atoms with Crippen LogP contribution in [0.2, 0.25) is 0 Å². The highest BCUT2D eigenvalue weighted by Crippen LogP contribution is 2.55. The maximum Gasteiger partial charge on any atom is 0.261 e. The highest BCUT2D eigenvalue weighted by Gasteiger charge is 2.50. The van der Waals surface area contributed by atoms with Crippen molar-refractivity contribution in [1.29, 1.82) is 0 Å². The van der Waals surface area contributed by atoms with E-state index in [0.717, 1.165) is 17.9 Å². The van der Waals surface area contributed by atoms with Crippen LogP contribution in [-0.2, 0) is 4.74 Å². The molecule has 2 saturated carbocycles. The van der Waals surface area contributed by atoms with E-state index in [1.807, 2.05) is 24.3 Å². The lowest BCUT2D eigenvalue weighted by Crippen LogP contribution is -2.49. The SMILES string of the molecule is COc1ccccc1NC(=S)OC1CCC12CCC(c1ccccc1)CC2. The van der Waals surface area contributed by atoms with Gasteiger partial charge in [-0.1, -0.05) is 42.5 Å². The molecule has 4 rings (SSSR count). The molecule has 0 bridgehead atoms. The van der Waals surface area contributed by atoms with E-state index in [0.29, 0.717) is 16.5 Å². The van der Waals surface area contributed by atoms with E-state index < -0.39 is 0 Å². The number of benzene rings is 2. The van der Waals surface area contributed by atoms with Crippen LogP contribution in [0, 0.1) is 5.41 Å². The van der Waals surface area contributed by atoms with Gasteiger partial charge in [-0.25, -0.2) is 0 Å². The predicted molar refractivity (Wildman–Crippen MR) is 113 cm³/mol. The average Bonchev–Trinajstić information content (AvgIpc) is 2.72. The molecule has 1 atom stereocenters. The van der Waals surface area contributed by atoms with Crippen LogP contribution in [0.3, 0.4) is 0 Å². The quantitative estimate of drug-likeness (QED) is 0.666. The molecule has 0 heterocycles. The number of hydrogen-bond donors (Lipinski definition) is 1. The van der Waals surface area contributed by atoms with E-state index in [1.165, 1.54) is 37.7 Å². The summed E-state index contributed by atoms with van der Waals surface area (Å²) in [5.74, 6) is 1.46. The lowest BCUT2D eigenvalue weighted by molar-refractivity contribution is -0.0789. The molecule has 0 saturated heterocycles. The minimum Gasteiger partial charge on any atom is -0.495 e. The Kier molecular flexibility index (Phi) is 5.35. The Morgan fingerprint density at radius 1 is 0.963 bits per heavy atom. The van der Waals surface area contributed by atoms with E-state index in [1.54, 1.807) is 7.11 Å². The molecule has 1 unspecified atom stereocenters. The van der Waals surface area contributed by atoms with Gasteiger partial charge in [0, 0.05) is 5.41 Å². The second kappa shape index (κ2) is 7.89. The maximum absolute atomic E-state index is 6.19. The molecule has 3 nitrogen and oxygen atoms in total. The number of ether oxygens (including phenoxy) is 2. The fourth-order valence-electron chi connectivity index (χ4n) is 4.69. The topological polar surface area (TPSA) is 30.5 Å². The van der Waals surface area contributed by atoms with Crippen LogP contribution < -0.4 is 10.1 Å². The zero-order valence-electron chi connectivity index (χ0n) is 15.8. The molecule has 1 N–H and O–H groups in total. The zero-order chi connectivity index (χ0) is 18.7. The van der Waals surface area contributed by atoms with Gasteiger partial charge in [0.25, 0.3) is 5.17 Å². The van der Waals surface area contributed by atoms with Crippen molar-refractivity contribution in [1.82, 2.24) is 0 Å². The summed E-state index contributed by atoms with van der Waals surface area (Å²) in [4.78, 5) is 0. The molecular weight excluding hydrogens is 354 g/mol. The lowest BCUT2D eigenvalue weighted by Gasteiger charge is -2.52. The van der Waals surface area contributed by atoms with Crippen LogP contribution in [-0.4, -0.2) is 18.4 Å². The molecule has 2 aliphatic carbocycles. The van der Waals surface area contributed by atoms with E-state index >= 15 is 0 Å². The highest BCUT2D eigenvalue weighted by atomic mass is 32.1. The van der Waals surface area contributed by atoms with E-state index in [-0.39, 0.29) is 6.10 Å². The summed E-state index contributed by atoms with van der Waals surface area (Å²) >= 11 is 5.48. The molecule has 142 valence electrons. The van der Waals surface area contributed by atoms with Gasteiger partial charge in [0.05, 0.1) is 12.8 Å². The van der Waals surface area contributed by atoms with Gasteiger partial charge >= 0.3 is 0 Å². The summed E-state index contributed by atoms with van der Waals surface area (Å²) in [6.07, 6.45) is 7.56. The Morgan fingerprint density at radius 2 is 1.63 bits per heavy atom. The summed E-state index contributed by atoms with van der Waals surface area (Å²) < 4.78 is 11.6. The predicted octanol–water partition coefficient (Wildman–Crippen LogP) is 5.92. The summed E-state index contributed by atoms with van der Waals surface area (Å²) in [6.45, 7) is 0. The summed E-state index contributed by atoms with van der Waals surface area (Å²) in [5.41, 5.74) is 2.65. The Morgan fingerprint density at radius 3 is 2.30 bits per heavy atom. The monoisotopic (exact) mass is 381 g/mol. The van der Waals surface area contributed by atoms with Gasteiger partial charge in [-0.05, 0) is 74.4 Å². The largest absolute Gasteiger partial charge is 0.495 e. The molecule has 0 radical (unpaired) electrons. The van der Waals surface area contributed by atoms with Crippen LogP contribution in [0.25, 0.3) is 0 Å². The highest BCUT2D eigenvalue weighted by molar-refractivity contribution is 7.80. The van der Waals surface area contributed by atoms with Crippen molar-refractivity contribution >= 4 is 23.1 Å². The minimum atomic E-state index is 0.240. The average molecular weight is 382 g/mol. The van der Waals surface area contributed by atoms with Gasteiger partial charge in [0.1, 0.15) is 11.9 Å². The Bertz CT molecular complexity index is 784. The fourth-order valence-corrected chi connectivity index (χ4v) is 4.92. The number of hydrogen-bond acceptors (Lipinski definition) is 3. The first-order chi connectivity index (χ1) is 13.2. The molecular formula is C23H27NO2S. The van der Waals surface area contributed by atoms with Gasteiger partial charge < -0.3 is 14.8 Å². The fraction of sp³-hybridized carbons (Fsp3) is 0.435. The number of thiocarbonyl (C=S) groups is 1. The van der Waals surface area contributed by atoms with Crippen molar-refractivity contribution in [3.05, 3.63) is 60.2 Å². The number of para-hydroxylation sites is 2. The zero-order valence-corrected chi connectivity index (χ0v) is 16.6. The third-order valence-corrected chi connectivity index (χ3v) is 6.63. The first-order valence-electron chi connectivity index (χ1n) is 9.86. The first-order valence-corrected chi connectivity index (χ1v) is 10.3. The van der Waals surface area contributed by atoms with Crippen molar-refractivity contribution in [3.63, 3.8) is 0 Å². The Hall–Kier alpha value is -2.07. The number of anilines is 1. The van der Waals surface area contributed by atoms with Gasteiger partial charge in [-0.2, -0.15) is 0 Å². The molecule has 2 aromatic rings. The van der Waals surface area contributed by atoms with Crippen LogP contribution in [0.5, 0.6) is 5.75 Å². The van der Waals surface area contributed by atoms with Crippen molar-refractivity contribution in [2.24, 2.45) is 5.41 Å². The third kappa shape index (κ3) is 3.81. The number of nitrogens with one attached hydrogen (secondary N) is 1. The number of methoxy groups -OCH3 is 1. The molecule has 2 aliphatic rings. The summed E-state index contributed by atoms with van der Waals surface area (Å²) in [6, 6.07) is 18.7. The normalized spacial score (nSPS) is 26.9. The van der Waals surface area contributed by atoms with Gasteiger partial charge in [0.15, 0.2) is 0 Å². The summed E-state index contributed by atoms with van der Waals surface area (Å²) in [7, 11) is 1.66. The second-order valence-corrected chi connectivity index (χ2v) is 8.18. The van der Waals surface area contributed by atoms with Gasteiger partial charge in [-0.15, -0.1) is 0 Å². The molecule has 4 heteroatoms. The van der Waals surface area contributed by atoms with Crippen molar-refractivity contribution in [3.8, 4) is 5.75 Å². The van der Waals surface area contributed by atoms with Crippen LogP contribution in [0.15, 0.2) is 54.6 Å². The lowest BCUT2D eigenvalue weighted by atomic mass is 9.56. The van der Waals surface area contributed by atoms with Crippen molar-refractivity contribution in [2.75, 3.05) is 12.4 Å². The van der Waals surface area contributed by atoms with E-state index in [2.05, 4.69) is 35.6 Å². The molecule has 2 aromatic carbocycles. The Balaban J connectivity index is 1.34. The second-order valence-electron chi connectivity index (χ2n) is 7.81. The standard InChI is InChI=1S/C23H27NO2S/c1-25-20-10-6-5-9-19(20)24-22(27)26-21-13-16-23(21)14-11-18(12-15-23)17-7-3-2-4-8-17/h2-10,18,21H,11-16H2,1H3,(H,24,27). The molecule has 0 aliphatic heterocycles. The third-order valence-electron chi connectivity index (χ3n) is 6.43. The van der Waals surface area contributed by atoms with Crippen LogP contribution in [0.4, 0.5) is 5.69 Å². The maximum atomic E-state index is 6.19. The Labute approximate surface area is 167 Å². The molecule has 27 heavy (non-hydrogen) atoms. The number of rotatable bonds is 4. The molecule has 1 spiro atoms. The first kappa shape index (κ1) is 18.3. The minimum absolute atomic E-state index is 0.240. The van der Waals surface area contributed by atoms with Gasteiger partial charge in [-0.3, -0.25) is 0 Å². The molecule has 0 aromatic heterocycles. The van der Waals surface area contributed by atoms with E-state index in [9.17, 15) is 0 Å². The van der Waals surface area contributed by atoms with Crippen LogP contribution >= 0.6 is 12.2 Å². The van der Waals surface area contributed by atoms with Crippen LogP contribution in [0.1, 0.15) is 50.0 Å². The van der Waals surface area contributed by atoms with E-state index in [4.69, 9.17) is 21.7 Å². The van der Waals surface area contributed by atoms with Crippen molar-refractivity contribution < 1.29 is 9.47 Å². The molecule has 0 amide bonds. The summed E-state index contributed by atoms with van der Waals surface area (Å²) in [5, 5.41) is 3.65. The van der Waals surface area contributed by atoms with Crippen molar-refractivity contribution in [2.45, 2.75) is 50.5 Å². The molecule has 2 fully saturated rings.